The predicted molar refractivity (Wildman–Crippen MR) is 97.9 cm³/mol. The molecule has 0 unspecified atom stereocenters. The van der Waals surface area contributed by atoms with E-state index in [-0.39, 0.29) is 29.9 Å². The molecule has 0 aliphatic rings. The van der Waals surface area contributed by atoms with Crippen molar-refractivity contribution in [1.82, 2.24) is 0 Å². The summed E-state index contributed by atoms with van der Waals surface area (Å²) in [5, 5.41) is 0. The Morgan fingerprint density at radius 3 is 1.86 bits per heavy atom. The molecule has 0 rings (SSSR count). The zero-order valence-corrected chi connectivity index (χ0v) is 13.9. The third kappa shape index (κ3) is 16.2. The summed E-state index contributed by atoms with van der Waals surface area (Å²) in [4.78, 5) is 11.6. The standard InChI is InChI=1S/C18H34O2.Sn.4H/c1-4-7-8-9-10-11-12-13-14-16-18(19)20-17(6-3)15-5-2;;;;;/h15H,4-14,16H2,1-3H3;;;;;. The second-order valence-corrected chi connectivity index (χ2v) is 5.48. The maximum atomic E-state index is 11.6. The first-order valence-electron chi connectivity index (χ1n) is 8.64. The molecule has 0 fully saturated rings. The molecule has 0 saturated heterocycles. The minimum atomic E-state index is -0.0607. The average molecular weight is 405 g/mol. The van der Waals surface area contributed by atoms with E-state index in [1.165, 1.54) is 44.9 Å². The molecule has 0 aromatic rings. The second kappa shape index (κ2) is 18.1. The molecule has 0 aliphatic carbocycles. The Morgan fingerprint density at radius 2 is 1.38 bits per heavy atom. The Bertz CT molecular complexity index is 262. The van der Waals surface area contributed by atoms with E-state index in [1.54, 1.807) is 0 Å². The zero-order chi connectivity index (χ0) is 15.1. The van der Waals surface area contributed by atoms with E-state index >= 15 is 0 Å². The summed E-state index contributed by atoms with van der Waals surface area (Å²) in [6.07, 6.45) is 15.8. The van der Waals surface area contributed by atoms with Crippen LogP contribution in [0.3, 0.4) is 0 Å². The van der Waals surface area contributed by atoms with Gasteiger partial charge < -0.3 is 4.74 Å². The van der Waals surface area contributed by atoms with Crippen LogP contribution < -0.4 is 0 Å². The van der Waals surface area contributed by atoms with Crippen LogP contribution in [-0.2, 0) is 9.53 Å². The zero-order valence-electron chi connectivity index (χ0n) is 13.9. The molecule has 21 heavy (non-hydrogen) atoms. The van der Waals surface area contributed by atoms with E-state index in [9.17, 15) is 4.79 Å². The van der Waals surface area contributed by atoms with E-state index in [1.807, 2.05) is 13.0 Å². The SMILES string of the molecule is CCC=C(CC)OC(=O)CCCCCCCCCCC.[SnH4]. The Hall–Kier alpha value is 0.00870. The van der Waals surface area contributed by atoms with Gasteiger partial charge in [-0.2, -0.15) is 0 Å². The van der Waals surface area contributed by atoms with Gasteiger partial charge in [0.05, 0.1) is 0 Å². The van der Waals surface area contributed by atoms with E-state index in [0.29, 0.717) is 6.42 Å². The van der Waals surface area contributed by atoms with Gasteiger partial charge in [-0.1, -0.05) is 72.1 Å². The van der Waals surface area contributed by atoms with Gasteiger partial charge in [0, 0.05) is 12.8 Å². The van der Waals surface area contributed by atoms with Crippen LogP contribution in [0.2, 0.25) is 0 Å². The number of ether oxygens (including phenoxy) is 1. The molecule has 0 aromatic heterocycles. The first-order valence-corrected chi connectivity index (χ1v) is 8.64. The number of unbranched alkanes of at least 4 members (excludes halogenated alkanes) is 8. The molecule has 0 spiro atoms. The molecule has 0 aromatic carbocycles. The van der Waals surface area contributed by atoms with Crippen molar-refractivity contribution in [1.29, 1.82) is 0 Å². The molecule has 3 heteroatoms. The average Bonchev–Trinajstić information content (AvgIpc) is 2.45. The molecule has 126 valence electrons. The summed E-state index contributed by atoms with van der Waals surface area (Å²) in [5.74, 6) is 0.767. The van der Waals surface area contributed by atoms with E-state index < -0.39 is 0 Å². The van der Waals surface area contributed by atoms with Gasteiger partial charge in [0.2, 0.25) is 0 Å². The quantitative estimate of drug-likeness (QED) is 0.192. The number of carbonyl (C=O) groups excluding carboxylic acids is 1. The van der Waals surface area contributed by atoms with Crippen molar-refractivity contribution in [2.75, 3.05) is 0 Å². The Morgan fingerprint density at radius 1 is 0.857 bits per heavy atom. The molecule has 0 aliphatic heterocycles. The summed E-state index contributed by atoms with van der Waals surface area (Å²) >= 11 is 0. The van der Waals surface area contributed by atoms with Crippen molar-refractivity contribution < 1.29 is 9.53 Å². The Labute approximate surface area is 149 Å². The number of esters is 1. The van der Waals surface area contributed by atoms with Crippen LogP contribution >= 0.6 is 0 Å². The van der Waals surface area contributed by atoms with Crippen LogP contribution in [0.1, 0.15) is 97.8 Å². The molecule has 0 amide bonds. The fourth-order valence-corrected chi connectivity index (χ4v) is 2.26. The number of hydrogen-bond acceptors (Lipinski definition) is 2. The van der Waals surface area contributed by atoms with Gasteiger partial charge in [0.25, 0.3) is 0 Å². The van der Waals surface area contributed by atoms with Crippen LogP contribution in [-0.4, -0.2) is 29.9 Å². The van der Waals surface area contributed by atoms with E-state index in [4.69, 9.17) is 4.74 Å². The summed E-state index contributed by atoms with van der Waals surface area (Å²) in [5.41, 5.74) is 0. The van der Waals surface area contributed by atoms with E-state index in [2.05, 4.69) is 13.8 Å². The Kier molecular flexibility index (Phi) is 20.0. The Balaban J connectivity index is 0. The minimum absolute atomic E-state index is 0. The van der Waals surface area contributed by atoms with Crippen LogP contribution in [0.25, 0.3) is 0 Å². The van der Waals surface area contributed by atoms with Gasteiger partial charge in [0.15, 0.2) is 0 Å². The number of carbonyl (C=O) groups is 1. The fraction of sp³-hybridized carbons (Fsp3) is 0.833. The van der Waals surface area contributed by atoms with Gasteiger partial charge in [-0.15, -0.1) is 0 Å². The summed E-state index contributed by atoms with van der Waals surface area (Å²) in [6.45, 7) is 6.33. The van der Waals surface area contributed by atoms with Crippen molar-refractivity contribution in [2.24, 2.45) is 0 Å². The molecular formula is C18H38O2Sn. The van der Waals surface area contributed by atoms with Crippen molar-refractivity contribution in [3.63, 3.8) is 0 Å². The van der Waals surface area contributed by atoms with Gasteiger partial charge in [-0.3, -0.25) is 4.79 Å². The predicted octanol–water partition coefficient (Wildman–Crippen LogP) is 4.70. The molecular weight excluding hydrogens is 367 g/mol. The molecule has 0 heterocycles. The van der Waals surface area contributed by atoms with Crippen LogP contribution in [0, 0.1) is 0 Å². The fourth-order valence-electron chi connectivity index (χ4n) is 2.26. The van der Waals surface area contributed by atoms with Crippen LogP contribution in [0.4, 0.5) is 0 Å². The van der Waals surface area contributed by atoms with Crippen molar-refractivity contribution >= 4 is 29.9 Å². The topological polar surface area (TPSA) is 26.3 Å². The van der Waals surface area contributed by atoms with Gasteiger partial charge in [-0.05, 0) is 18.9 Å². The van der Waals surface area contributed by atoms with Gasteiger partial charge >= 0.3 is 29.9 Å². The van der Waals surface area contributed by atoms with Gasteiger partial charge in [0.1, 0.15) is 5.76 Å². The van der Waals surface area contributed by atoms with Crippen molar-refractivity contribution in [3.8, 4) is 0 Å². The van der Waals surface area contributed by atoms with Gasteiger partial charge in [-0.25, -0.2) is 0 Å². The number of allylic oxidation sites excluding steroid dienone is 2. The molecule has 0 bridgehead atoms. The summed E-state index contributed by atoms with van der Waals surface area (Å²) < 4.78 is 5.33. The number of rotatable bonds is 13. The summed E-state index contributed by atoms with van der Waals surface area (Å²) in [7, 11) is 0. The van der Waals surface area contributed by atoms with E-state index in [0.717, 1.165) is 31.4 Å². The number of hydrogen-bond donors (Lipinski definition) is 0. The molecule has 0 atom stereocenters. The molecule has 0 radical (unpaired) electrons. The second-order valence-electron chi connectivity index (χ2n) is 5.48. The molecule has 0 N–H and O–H groups in total. The maximum absolute atomic E-state index is 11.6. The van der Waals surface area contributed by atoms with Crippen LogP contribution in [0.5, 0.6) is 0 Å². The third-order valence-corrected chi connectivity index (χ3v) is 3.51. The van der Waals surface area contributed by atoms with Crippen molar-refractivity contribution in [2.45, 2.75) is 97.8 Å². The molecule has 2 nitrogen and oxygen atoms in total. The van der Waals surface area contributed by atoms with Crippen molar-refractivity contribution in [3.05, 3.63) is 11.8 Å². The summed E-state index contributed by atoms with van der Waals surface area (Å²) in [6, 6.07) is 0. The first kappa shape index (κ1) is 23.3. The first-order chi connectivity index (χ1) is 9.74. The monoisotopic (exact) mass is 406 g/mol. The third-order valence-electron chi connectivity index (χ3n) is 3.51. The molecule has 0 saturated carbocycles. The normalized spacial score (nSPS) is 11.1. The van der Waals surface area contributed by atoms with Crippen LogP contribution in [0.15, 0.2) is 11.8 Å².